The van der Waals surface area contributed by atoms with Crippen molar-refractivity contribution < 1.29 is 0 Å². The van der Waals surface area contributed by atoms with Gasteiger partial charge in [-0.2, -0.15) is 0 Å². The summed E-state index contributed by atoms with van der Waals surface area (Å²) in [5.41, 5.74) is 0. The van der Waals surface area contributed by atoms with Crippen LogP contribution in [-0.2, 0) is 0 Å². The van der Waals surface area contributed by atoms with Crippen molar-refractivity contribution in [3.8, 4) is 0 Å². The molecule has 76 valence electrons. The summed E-state index contributed by atoms with van der Waals surface area (Å²) in [5.74, 6) is 1.99. The Morgan fingerprint density at radius 3 is 2.31 bits per heavy atom. The van der Waals surface area contributed by atoms with E-state index in [1.165, 1.54) is 43.9 Å². The highest BCUT2D eigenvalue weighted by Crippen LogP contribution is 2.32. The third-order valence-corrected chi connectivity index (χ3v) is 4.08. The molecule has 0 radical (unpaired) electrons. The predicted octanol–water partition coefficient (Wildman–Crippen LogP) is 4.54. The van der Waals surface area contributed by atoms with Gasteiger partial charge in [-0.15, -0.1) is 0 Å². The molecule has 0 atom stereocenters. The van der Waals surface area contributed by atoms with Crippen LogP contribution in [0.1, 0.15) is 45.4 Å². The number of allylic oxidation sites excluding steroid dienone is 2. The predicted molar refractivity (Wildman–Crippen MR) is 63.3 cm³/mol. The van der Waals surface area contributed by atoms with Gasteiger partial charge in [-0.1, -0.05) is 40.9 Å². The van der Waals surface area contributed by atoms with Crippen LogP contribution in [0.5, 0.6) is 0 Å². The number of hydrogen-bond acceptors (Lipinski definition) is 0. The Morgan fingerprint density at radius 2 is 1.77 bits per heavy atom. The van der Waals surface area contributed by atoms with Gasteiger partial charge in [0.25, 0.3) is 0 Å². The van der Waals surface area contributed by atoms with E-state index in [0.29, 0.717) is 0 Å². The first-order valence-corrected chi connectivity index (χ1v) is 6.66. The highest BCUT2D eigenvalue weighted by atomic mass is 79.9. The Kier molecular flexibility index (Phi) is 5.77. The van der Waals surface area contributed by atoms with Crippen molar-refractivity contribution in [1.29, 1.82) is 0 Å². The first-order valence-electron chi connectivity index (χ1n) is 5.54. The molecule has 0 bridgehead atoms. The first kappa shape index (κ1) is 11.3. The van der Waals surface area contributed by atoms with Gasteiger partial charge in [-0.25, -0.2) is 0 Å². The molecule has 1 saturated carbocycles. The summed E-state index contributed by atoms with van der Waals surface area (Å²) in [5, 5.41) is 1.22. The SMILES string of the molecule is C/C=C/CCC1CCC(CBr)CC1. The lowest BCUT2D eigenvalue weighted by atomic mass is 9.81. The van der Waals surface area contributed by atoms with E-state index in [0.717, 1.165) is 11.8 Å². The van der Waals surface area contributed by atoms with E-state index < -0.39 is 0 Å². The molecule has 1 aliphatic carbocycles. The highest BCUT2D eigenvalue weighted by molar-refractivity contribution is 9.09. The van der Waals surface area contributed by atoms with Crippen LogP contribution < -0.4 is 0 Å². The van der Waals surface area contributed by atoms with Crippen LogP contribution in [0.25, 0.3) is 0 Å². The minimum Gasteiger partial charge on any atom is -0.0925 e. The van der Waals surface area contributed by atoms with Gasteiger partial charge in [-0.3, -0.25) is 0 Å². The normalized spacial score (nSPS) is 29.7. The van der Waals surface area contributed by atoms with Crippen LogP contribution in [0.15, 0.2) is 12.2 Å². The minimum atomic E-state index is 0.970. The molecule has 0 nitrogen and oxygen atoms in total. The third-order valence-electron chi connectivity index (χ3n) is 3.16. The summed E-state index contributed by atoms with van der Waals surface area (Å²) in [6.45, 7) is 2.11. The van der Waals surface area contributed by atoms with E-state index in [1.54, 1.807) is 0 Å². The Labute approximate surface area is 90.9 Å². The molecule has 13 heavy (non-hydrogen) atoms. The summed E-state index contributed by atoms with van der Waals surface area (Å²) in [6, 6.07) is 0. The maximum atomic E-state index is 3.58. The minimum absolute atomic E-state index is 0.970. The van der Waals surface area contributed by atoms with Crippen molar-refractivity contribution in [2.75, 3.05) is 5.33 Å². The standard InChI is InChI=1S/C12H21Br/c1-2-3-4-5-11-6-8-12(10-13)9-7-11/h2-3,11-12H,4-10H2,1H3/b3-2+. The summed E-state index contributed by atoms with van der Waals surface area (Å²) in [7, 11) is 0. The molecule has 0 aliphatic heterocycles. The maximum Gasteiger partial charge on any atom is 0.00596 e. The molecule has 0 saturated heterocycles. The first-order chi connectivity index (χ1) is 6.36. The lowest BCUT2D eigenvalue weighted by molar-refractivity contribution is 0.283. The largest absolute Gasteiger partial charge is 0.0925 e. The molecular formula is C12H21Br. The number of hydrogen-bond donors (Lipinski definition) is 0. The van der Waals surface area contributed by atoms with Crippen molar-refractivity contribution >= 4 is 15.9 Å². The molecule has 0 N–H and O–H groups in total. The molecule has 1 aliphatic rings. The van der Waals surface area contributed by atoms with Crippen LogP contribution in [-0.4, -0.2) is 5.33 Å². The van der Waals surface area contributed by atoms with Crippen molar-refractivity contribution in [1.82, 2.24) is 0 Å². The lowest BCUT2D eigenvalue weighted by Crippen LogP contribution is -2.15. The van der Waals surface area contributed by atoms with Gasteiger partial charge in [0.2, 0.25) is 0 Å². The zero-order chi connectivity index (χ0) is 9.52. The van der Waals surface area contributed by atoms with Gasteiger partial charge in [0.05, 0.1) is 0 Å². The molecule has 0 aromatic rings. The highest BCUT2D eigenvalue weighted by Gasteiger charge is 2.19. The number of alkyl halides is 1. The van der Waals surface area contributed by atoms with Crippen molar-refractivity contribution in [3.05, 3.63) is 12.2 Å². The van der Waals surface area contributed by atoms with Crippen molar-refractivity contribution in [2.45, 2.75) is 45.4 Å². The average molecular weight is 245 g/mol. The average Bonchev–Trinajstić information content (AvgIpc) is 2.19. The Bertz CT molecular complexity index is 143. The molecule has 0 aromatic heterocycles. The summed E-state index contributed by atoms with van der Waals surface area (Å²) in [6.07, 6.45) is 13.0. The monoisotopic (exact) mass is 244 g/mol. The zero-order valence-corrected chi connectivity index (χ0v) is 10.2. The van der Waals surface area contributed by atoms with Crippen LogP contribution in [0.2, 0.25) is 0 Å². The summed E-state index contributed by atoms with van der Waals surface area (Å²) in [4.78, 5) is 0. The van der Waals surface area contributed by atoms with Gasteiger partial charge >= 0.3 is 0 Å². The van der Waals surface area contributed by atoms with E-state index in [9.17, 15) is 0 Å². The zero-order valence-electron chi connectivity index (χ0n) is 8.64. The second kappa shape index (κ2) is 6.64. The van der Waals surface area contributed by atoms with E-state index >= 15 is 0 Å². The van der Waals surface area contributed by atoms with Gasteiger partial charge in [0, 0.05) is 5.33 Å². The molecule has 0 heterocycles. The fourth-order valence-corrected chi connectivity index (χ4v) is 2.82. The van der Waals surface area contributed by atoms with Gasteiger partial charge < -0.3 is 0 Å². The van der Waals surface area contributed by atoms with Gasteiger partial charge in [0.1, 0.15) is 0 Å². The molecule has 1 rings (SSSR count). The van der Waals surface area contributed by atoms with E-state index in [4.69, 9.17) is 0 Å². The second-order valence-corrected chi connectivity index (χ2v) is 4.83. The fraction of sp³-hybridized carbons (Fsp3) is 0.833. The molecule has 0 spiro atoms. The van der Waals surface area contributed by atoms with Crippen molar-refractivity contribution in [3.63, 3.8) is 0 Å². The smallest absolute Gasteiger partial charge is 0.00596 e. The Balaban J connectivity index is 2.10. The molecule has 0 unspecified atom stereocenters. The fourth-order valence-electron chi connectivity index (χ4n) is 2.17. The summed E-state index contributed by atoms with van der Waals surface area (Å²) < 4.78 is 0. The van der Waals surface area contributed by atoms with Gasteiger partial charge in [-0.05, 0) is 44.4 Å². The number of rotatable bonds is 4. The van der Waals surface area contributed by atoms with E-state index in [-0.39, 0.29) is 0 Å². The Hall–Kier alpha value is 0.220. The molecule has 0 amide bonds. The molecular weight excluding hydrogens is 224 g/mol. The van der Waals surface area contributed by atoms with Crippen LogP contribution in [0, 0.1) is 11.8 Å². The van der Waals surface area contributed by atoms with E-state index in [2.05, 4.69) is 35.0 Å². The van der Waals surface area contributed by atoms with Crippen molar-refractivity contribution in [2.24, 2.45) is 11.8 Å². The van der Waals surface area contributed by atoms with Crippen LogP contribution >= 0.6 is 15.9 Å². The van der Waals surface area contributed by atoms with Crippen LogP contribution in [0.4, 0.5) is 0 Å². The Morgan fingerprint density at radius 1 is 1.15 bits per heavy atom. The molecule has 0 aromatic carbocycles. The quantitative estimate of drug-likeness (QED) is 0.503. The van der Waals surface area contributed by atoms with Gasteiger partial charge in [0.15, 0.2) is 0 Å². The third kappa shape index (κ3) is 4.30. The second-order valence-electron chi connectivity index (χ2n) is 4.19. The summed E-state index contributed by atoms with van der Waals surface area (Å²) >= 11 is 3.58. The molecule has 1 heteroatoms. The number of halogens is 1. The molecule has 1 fully saturated rings. The maximum absolute atomic E-state index is 3.58. The lowest BCUT2D eigenvalue weighted by Gasteiger charge is -2.26. The van der Waals surface area contributed by atoms with E-state index in [1.807, 2.05) is 0 Å². The topological polar surface area (TPSA) is 0 Å². The van der Waals surface area contributed by atoms with Crippen LogP contribution in [0.3, 0.4) is 0 Å².